The Morgan fingerprint density at radius 2 is 1.81 bits per heavy atom. The van der Waals surface area contributed by atoms with E-state index in [0.29, 0.717) is 27.5 Å². The number of aliphatic imine (C=N–C) groups is 1. The Kier molecular flexibility index (Phi) is 7.17. The second kappa shape index (κ2) is 10.0. The summed E-state index contributed by atoms with van der Waals surface area (Å²) >= 11 is 14.3. The van der Waals surface area contributed by atoms with Crippen molar-refractivity contribution in [3.63, 3.8) is 0 Å². The van der Waals surface area contributed by atoms with Crippen LogP contribution in [0.3, 0.4) is 0 Å². The number of carbonyl (C=O) groups excluding carboxylic acids is 1. The van der Waals surface area contributed by atoms with Crippen molar-refractivity contribution in [3.8, 4) is 5.75 Å². The first-order valence-corrected chi connectivity index (χ1v) is 12.0. The Morgan fingerprint density at radius 1 is 1.06 bits per heavy atom. The number of nitrogens with one attached hydrogen (secondary N) is 1. The molecule has 156 valence electrons. The van der Waals surface area contributed by atoms with E-state index in [9.17, 15) is 4.79 Å². The predicted molar refractivity (Wildman–Crippen MR) is 135 cm³/mol. The maximum absolute atomic E-state index is 12.5. The molecule has 1 amide bonds. The van der Waals surface area contributed by atoms with E-state index in [0.717, 1.165) is 25.8 Å². The first-order chi connectivity index (χ1) is 15.0. The van der Waals surface area contributed by atoms with Crippen molar-refractivity contribution < 1.29 is 9.53 Å². The Morgan fingerprint density at radius 3 is 2.55 bits per heavy atom. The molecule has 0 saturated carbocycles. The highest BCUT2D eigenvalue weighted by Gasteiger charge is 2.24. The number of halogens is 3. The van der Waals surface area contributed by atoms with Crippen molar-refractivity contribution in [1.82, 2.24) is 5.32 Å². The molecular weight excluding hydrogens is 564 g/mol. The lowest BCUT2D eigenvalue weighted by Gasteiger charge is -2.13. The van der Waals surface area contributed by atoms with E-state index in [4.69, 9.17) is 16.3 Å². The van der Waals surface area contributed by atoms with Crippen LogP contribution in [0.15, 0.2) is 85.6 Å². The number of amides is 1. The number of nitrogens with zero attached hydrogens (tertiary/aromatic N) is 1. The van der Waals surface area contributed by atoms with Crippen LogP contribution in [-0.2, 0) is 11.4 Å². The van der Waals surface area contributed by atoms with Gasteiger partial charge in [0.2, 0.25) is 0 Å². The quantitative estimate of drug-likeness (QED) is 0.323. The van der Waals surface area contributed by atoms with Crippen molar-refractivity contribution in [2.75, 3.05) is 0 Å². The number of thioether (sulfide) groups is 1. The van der Waals surface area contributed by atoms with E-state index in [-0.39, 0.29) is 5.91 Å². The molecule has 3 aromatic rings. The highest BCUT2D eigenvalue weighted by atomic mass is 79.9. The third kappa shape index (κ3) is 5.80. The molecule has 0 aliphatic carbocycles. The van der Waals surface area contributed by atoms with Gasteiger partial charge in [-0.1, -0.05) is 57.9 Å². The molecule has 3 aromatic carbocycles. The molecule has 0 radical (unpaired) electrons. The van der Waals surface area contributed by atoms with Crippen molar-refractivity contribution in [1.29, 1.82) is 0 Å². The molecule has 1 heterocycles. The minimum atomic E-state index is -0.195. The van der Waals surface area contributed by atoms with Crippen LogP contribution in [0.1, 0.15) is 11.1 Å². The van der Waals surface area contributed by atoms with Gasteiger partial charge in [-0.2, -0.15) is 0 Å². The van der Waals surface area contributed by atoms with Crippen molar-refractivity contribution in [2.45, 2.75) is 6.61 Å². The van der Waals surface area contributed by atoms with E-state index < -0.39 is 0 Å². The van der Waals surface area contributed by atoms with Gasteiger partial charge in [-0.3, -0.25) is 4.79 Å². The summed E-state index contributed by atoms with van der Waals surface area (Å²) in [5.41, 5.74) is 2.54. The Hall–Kier alpha value is -2.06. The van der Waals surface area contributed by atoms with E-state index in [1.165, 1.54) is 11.8 Å². The number of benzene rings is 3. The SMILES string of the molecule is O=C1NC(=Nc2ccccc2)S/C1=C\c1cc(Br)cc(Br)c1OCc1ccc(Cl)cc1. The summed E-state index contributed by atoms with van der Waals surface area (Å²) in [5.74, 6) is 0.451. The fraction of sp³-hybridized carbons (Fsp3) is 0.0435. The second-order valence-electron chi connectivity index (χ2n) is 6.54. The zero-order chi connectivity index (χ0) is 21.8. The van der Waals surface area contributed by atoms with Gasteiger partial charge in [0.05, 0.1) is 15.1 Å². The number of carbonyl (C=O) groups is 1. The van der Waals surface area contributed by atoms with Crippen LogP contribution in [0, 0.1) is 0 Å². The van der Waals surface area contributed by atoms with E-state index >= 15 is 0 Å². The molecular formula is C23H15Br2ClN2O2S. The van der Waals surface area contributed by atoms with Gasteiger partial charge < -0.3 is 10.1 Å². The second-order valence-corrected chi connectivity index (χ2v) is 9.78. The molecule has 8 heteroatoms. The van der Waals surface area contributed by atoms with Crippen LogP contribution < -0.4 is 10.1 Å². The molecule has 4 rings (SSSR count). The van der Waals surface area contributed by atoms with Crippen molar-refractivity contribution in [2.24, 2.45) is 4.99 Å². The molecule has 1 aliphatic rings. The minimum Gasteiger partial charge on any atom is -0.487 e. The lowest BCUT2D eigenvalue weighted by Crippen LogP contribution is -2.19. The van der Waals surface area contributed by atoms with Gasteiger partial charge in [0, 0.05) is 15.1 Å². The third-order valence-corrected chi connectivity index (χ3v) is 6.47. The van der Waals surface area contributed by atoms with E-state index in [1.54, 1.807) is 6.08 Å². The lowest BCUT2D eigenvalue weighted by atomic mass is 10.1. The molecule has 0 bridgehead atoms. The molecule has 0 spiro atoms. The first-order valence-electron chi connectivity index (χ1n) is 9.19. The number of hydrogen-bond acceptors (Lipinski definition) is 4. The van der Waals surface area contributed by atoms with Crippen molar-refractivity contribution >= 4 is 78.1 Å². The molecule has 0 aromatic heterocycles. The summed E-state index contributed by atoms with van der Waals surface area (Å²) in [6.45, 7) is 0.369. The fourth-order valence-electron chi connectivity index (χ4n) is 2.82. The molecule has 4 nitrogen and oxygen atoms in total. The summed E-state index contributed by atoms with van der Waals surface area (Å²) in [7, 11) is 0. The standard InChI is InChI=1S/C23H15Br2ClN2O2S/c24-16-10-15(21(19(25)12-16)30-13-14-6-8-17(26)9-7-14)11-20-22(29)28-23(31-20)27-18-4-2-1-3-5-18/h1-12H,13H2,(H,27,28,29)/b20-11-. The zero-order valence-corrected chi connectivity index (χ0v) is 20.7. The van der Waals surface area contributed by atoms with Gasteiger partial charge in [0.25, 0.3) is 5.91 Å². The van der Waals surface area contributed by atoms with Gasteiger partial charge in [-0.15, -0.1) is 0 Å². The van der Waals surface area contributed by atoms with Crippen LogP contribution in [0.25, 0.3) is 6.08 Å². The third-order valence-electron chi connectivity index (χ3n) is 4.26. The monoisotopic (exact) mass is 576 g/mol. The zero-order valence-electron chi connectivity index (χ0n) is 15.9. The molecule has 1 aliphatic heterocycles. The topological polar surface area (TPSA) is 50.7 Å². The minimum absolute atomic E-state index is 0.195. The molecule has 1 N–H and O–H groups in total. The Balaban J connectivity index is 1.60. The first kappa shape index (κ1) is 22.1. The number of hydrogen-bond donors (Lipinski definition) is 1. The molecule has 0 unspecified atom stereocenters. The van der Waals surface area contributed by atoms with Crippen LogP contribution >= 0.6 is 55.2 Å². The Labute approximate surface area is 206 Å². The van der Waals surface area contributed by atoms with Gasteiger partial charge in [0.15, 0.2) is 5.17 Å². The molecule has 0 atom stereocenters. The summed E-state index contributed by atoms with van der Waals surface area (Å²) in [6, 6.07) is 20.8. The van der Waals surface area contributed by atoms with Crippen LogP contribution in [-0.4, -0.2) is 11.1 Å². The van der Waals surface area contributed by atoms with Crippen LogP contribution in [0.4, 0.5) is 5.69 Å². The smallest absolute Gasteiger partial charge is 0.264 e. The Bertz CT molecular complexity index is 1180. The van der Waals surface area contributed by atoms with Crippen molar-refractivity contribution in [3.05, 3.63) is 96.7 Å². The molecule has 1 fully saturated rings. The fourth-order valence-corrected chi connectivity index (χ4v) is 5.15. The van der Waals surface area contributed by atoms with Crippen LogP contribution in [0.5, 0.6) is 5.75 Å². The highest BCUT2D eigenvalue weighted by molar-refractivity contribution is 9.11. The van der Waals surface area contributed by atoms with Gasteiger partial charge in [-0.05, 0) is 75.7 Å². The number of para-hydroxylation sites is 1. The lowest BCUT2D eigenvalue weighted by molar-refractivity contribution is -0.115. The summed E-state index contributed by atoms with van der Waals surface area (Å²) < 4.78 is 7.74. The molecule has 31 heavy (non-hydrogen) atoms. The summed E-state index contributed by atoms with van der Waals surface area (Å²) in [6.07, 6.45) is 1.81. The number of ether oxygens (including phenoxy) is 1. The van der Waals surface area contributed by atoms with E-state index in [2.05, 4.69) is 42.2 Å². The number of rotatable bonds is 5. The van der Waals surface area contributed by atoms with Crippen LogP contribution in [0.2, 0.25) is 5.02 Å². The van der Waals surface area contributed by atoms with Gasteiger partial charge in [-0.25, -0.2) is 4.99 Å². The molecule has 1 saturated heterocycles. The average Bonchev–Trinajstić information content (AvgIpc) is 3.08. The van der Waals surface area contributed by atoms with Gasteiger partial charge >= 0.3 is 0 Å². The number of amidine groups is 1. The predicted octanol–water partition coefficient (Wildman–Crippen LogP) is 7.34. The highest BCUT2D eigenvalue weighted by Crippen LogP contribution is 2.37. The maximum atomic E-state index is 12.5. The van der Waals surface area contributed by atoms with Gasteiger partial charge in [0.1, 0.15) is 12.4 Å². The maximum Gasteiger partial charge on any atom is 0.264 e. The average molecular weight is 579 g/mol. The van der Waals surface area contributed by atoms with E-state index in [1.807, 2.05) is 66.7 Å². The summed E-state index contributed by atoms with van der Waals surface area (Å²) in [4.78, 5) is 17.5. The largest absolute Gasteiger partial charge is 0.487 e. The normalized spacial score (nSPS) is 16.0. The summed E-state index contributed by atoms with van der Waals surface area (Å²) in [5, 5.41) is 4.03.